The van der Waals surface area contributed by atoms with E-state index in [1.54, 1.807) is 6.07 Å². The van der Waals surface area contributed by atoms with Gasteiger partial charge >= 0.3 is 0 Å². The zero-order valence-corrected chi connectivity index (χ0v) is 9.78. The Labute approximate surface area is 97.5 Å². The standard InChI is InChI=1S/C14H21NO/c15-10-12-6-7-13(14(16)9-12)8-11-4-2-1-3-5-11/h6-7,9,11,16H,1-5,8,10,15H2. The van der Waals surface area contributed by atoms with Crippen LogP contribution in [0.4, 0.5) is 0 Å². The summed E-state index contributed by atoms with van der Waals surface area (Å²) in [6.07, 6.45) is 7.75. The molecule has 1 aromatic rings. The minimum atomic E-state index is 0.425. The van der Waals surface area contributed by atoms with Gasteiger partial charge in [-0.25, -0.2) is 0 Å². The molecule has 0 heterocycles. The summed E-state index contributed by atoms with van der Waals surface area (Å²) in [5.74, 6) is 1.19. The molecule has 0 saturated heterocycles. The Balaban J connectivity index is 2.03. The summed E-state index contributed by atoms with van der Waals surface area (Å²) < 4.78 is 0. The highest BCUT2D eigenvalue weighted by atomic mass is 16.3. The summed E-state index contributed by atoms with van der Waals surface area (Å²) in [6.45, 7) is 0.497. The number of hydrogen-bond donors (Lipinski definition) is 2. The summed E-state index contributed by atoms with van der Waals surface area (Å²) in [5, 5.41) is 9.90. The van der Waals surface area contributed by atoms with Gasteiger partial charge in [-0.1, -0.05) is 44.2 Å². The van der Waals surface area contributed by atoms with Crippen LogP contribution in [0, 0.1) is 5.92 Å². The zero-order valence-electron chi connectivity index (χ0n) is 9.78. The number of aromatic hydroxyl groups is 1. The molecule has 0 unspecified atom stereocenters. The van der Waals surface area contributed by atoms with Crippen LogP contribution in [0.25, 0.3) is 0 Å². The molecule has 0 aliphatic heterocycles. The third kappa shape index (κ3) is 2.76. The van der Waals surface area contributed by atoms with E-state index < -0.39 is 0 Å². The minimum absolute atomic E-state index is 0.425. The summed E-state index contributed by atoms with van der Waals surface area (Å²) in [5.41, 5.74) is 7.63. The largest absolute Gasteiger partial charge is 0.508 e. The lowest BCUT2D eigenvalue weighted by molar-refractivity contribution is 0.351. The molecule has 0 aromatic heterocycles. The van der Waals surface area contributed by atoms with Crippen LogP contribution in [-0.2, 0) is 13.0 Å². The van der Waals surface area contributed by atoms with E-state index in [0.29, 0.717) is 12.3 Å². The van der Waals surface area contributed by atoms with E-state index in [4.69, 9.17) is 5.73 Å². The molecule has 1 aliphatic rings. The summed E-state index contributed by atoms with van der Waals surface area (Å²) >= 11 is 0. The average Bonchev–Trinajstić information content (AvgIpc) is 2.33. The molecule has 2 heteroatoms. The molecule has 2 nitrogen and oxygen atoms in total. The van der Waals surface area contributed by atoms with Gasteiger partial charge in [-0.3, -0.25) is 0 Å². The van der Waals surface area contributed by atoms with Crippen LogP contribution >= 0.6 is 0 Å². The maximum Gasteiger partial charge on any atom is 0.119 e. The lowest BCUT2D eigenvalue weighted by Gasteiger charge is -2.21. The molecule has 2 rings (SSSR count). The van der Waals surface area contributed by atoms with Gasteiger partial charge in [-0.15, -0.1) is 0 Å². The molecule has 0 amide bonds. The fraction of sp³-hybridized carbons (Fsp3) is 0.571. The third-order valence-corrected chi connectivity index (χ3v) is 3.62. The molecular weight excluding hydrogens is 198 g/mol. The van der Waals surface area contributed by atoms with E-state index in [0.717, 1.165) is 23.5 Å². The van der Waals surface area contributed by atoms with Crippen molar-refractivity contribution in [3.05, 3.63) is 29.3 Å². The summed E-state index contributed by atoms with van der Waals surface area (Å²) in [6, 6.07) is 5.86. The molecule has 1 aliphatic carbocycles. The quantitative estimate of drug-likeness (QED) is 0.821. The monoisotopic (exact) mass is 219 g/mol. The molecule has 1 aromatic carbocycles. The van der Waals surface area contributed by atoms with E-state index in [-0.39, 0.29) is 0 Å². The van der Waals surface area contributed by atoms with Crippen molar-refractivity contribution in [1.82, 2.24) is 0 Å². The molecule has 16 heavy (non-hydrogen) atoms. The van der Waals surface area contributed by atoms with Gasteiger partial charge in [0.05, 0.1) is 0 Å². The third-order valence-electron chi connectivity index (χ3n) is 3.62. The Morgan fingerprint density at radius 2 is 1.94 bits per heavy atom. The van der Waals surface area contributed by atoms with Gasteiger partial charge in [0.1, 0.15) is 5.75 Å². The summed E-state index contributed by atoms with van der Waals surface area (Å²) in [4.78, 5) is 0. The smallest absolute Gasteiger partial charge is 0.119 e. The number of hydrogen-bond acceptors (Lipinski definition) is 2. The van der Waals surface area contributed by atoms with Crippen molar-refractivity contribution >= 4 is 0 Å². The first kappa shape index (κ1) is 11.5. The van der Waals surface area contributed by atoms with E-state index in [9.17, 15) is 5.11 Å². The van der Waals surface area contributed by atoms with Crippen molar-refractivity contribution in [3.63, 3.8) is 0 Å². The van der Waals surface area contributed by atoms with Crippen molar-refractivity contribution in [3.8, 4) is 5.75 Å². The topological polar surface area (TPSA) is 46.2 Å². The lowest BCUT2D eigenvalue weighted by atomic mass is 9.84. The predicted molar refractivity (Wildman–Crippen MR) is 66.3 cm³/mol. The fourth-order valence-electron chi connectivity index (χ4n) is 2.61. The number of benzene rings is 1. The van der Waals surface area contributed by atoms with E-state index in [1.165, 1.54) is 32.1 Å². The van der Waals surface area contributed by atoms with Crippen LogP contribution < -0.4 is 5.73 Å². The fourth-order valence-corrected chi connectivity index (χ4v) is 2.61. The highest BCUT2D eigenvalue weighted by Gasteiger charge is 2.15. The Hall–Kier alpha value is -1.02. The van der Waals surface area contributed by atoms with E-state index in [1.807, 2.05) is 12.1 Å². The molecule has 3 N–H and O–H groups in total. The first-order valence-electron chi connectivity index (χ1n) is 6.30. The van der Waals surface area contributed by atoms with Crippen molar-refractivity contribution in [2.45, 2.75) is 45.1 Å². The van der Waals surface area contributed by atoms with Gasteiger partial charge in [-0.05, 0) is 29.5 Å². The van der Waals surface area contributed by atoms with Crippen LogP contribution in [-0.4, -0.2) is 5.11 Å². The van der Waals surface area contributed by atoms with Gasteiger partial charge in [-0.2, -0.15) is 0 Å². The molecular formula is C14H21NO. The molecule has 0 radical (unpaired) electrons. The SMILES string of the molecule is NCc1ccc(CC2CCCCC2)c(O)c1. The molecule has 88 valence electrons. The second-order valence-corrected chi connectivity index (χ2v) is 4.88. The predicted octanol–water partition coefficient (Wildman–Crippen LogP) is 2.97. The molecule has 0 bridgehead atoms. The van der Waals surface area contributed by atoms with Gasteiger partial charge in [0, 0.05) is 6.54 Å². The Morgan fingerprint density at radius 3 is 2.56 bits per heavy atom. The zero-order chi connectivity index (χ0) is 11.4. The van der Waals surface area contributed by atoms with Crippen LogP contribution in [0.3, 0.4) is 0 Å². The van der Waals surface area contributed by atoms with Gasteiger partial charge < -0.3 is 10.8 Å². The summed E-state index contributed by atoms with van der Waals surface area (Å²) in [7, 11) is 0. The van der Waals surface area contributed by atoms with Gasteiger partial charge in [0.25, 0.3) is 0 Å². The first-order valence-corrected chi connectivity index (χ1v) is 6.30. The molecule has 0 spiro atoms. The second-order valence-electron chi connectivity index (χ2n) is 4.88. The maximum absolute atomic E-state index is 9.90. The Bertz CT molecular complexity index is 343. The van der Waals surface area contributed by atoms with Crippen molar-refractivity contribution in [2.24, 2.45) is 11.7 Å². The number of nitrogens with two attached hydrogens (primary N) is 1. The van der Waals surface area contributed by atoms with E-state index >= 15 is 0 Å². The van der Waals surface area contributed by atoms with Crippen LogP contribution in [0.15, 0.2) is 18.2 Å². The van der Waals surface area contributed by atoms with Gasteiger partial charge in [0.2, 0.25) is 0 Å². The Kier molecular flexibility index (Phi) is 3.83. The molecule has 0 atom stereocenters. The van der Waals surface area contributed by atoms with Crippen LogP contribution in [0.1, 0.15) is 43.2 Å². The minimum Gasteiger partial charge on any atom is -0.508 e. The number of phenols is 1. The number of phenolic OH excluding ortho intramolecular Hbond substituents is 1. The highest BCUT2D eigenvalue weighted by Crippen LogP contribution is 2.30. The van der Waals surface area contributed by atoms with Crippen molar-refractivity contribution < 1.29 is 5.11 Å². The van der Waals surface area contributed by atoms with E-state index in [2.05, 4.69) is 0 Å². The maximum atomic E-state index is 9.90. The van der Waals surface area contributed by atoms with Gasteiger partial charge in [0.15, 0.2) is 0 Å². The van der Waals surface area contributed by atoms with Crippen molar-refractivity contribution in [2.75, 3.05) is 0 Å². The first-order chi connectivity index (χ1) is 7.79. The van der Waals surface area contributed by atoms with Crippen LogP contribution in [0.2, 0.25) is 0 Å². The normalized spacial score (nSPS) is 17.6. The molecule has 1 saturated carbocycles. The Morgan fingerprint density at radius 1 is 1.19 bits per heavy atom. The number of rotatable bonds is 3. The van der Waals surface area contributed by atoms with Crippen molar-refractivity contribution in [1.29, 1.82) is 0 Å². The van der Waals surface area contributed by atoms with Crippen LogP contribution in [0.5, 0.6) is 5.75 Å². The highest BCUT2D eigenvalue weighted by molar-refractivity contribution is 5.36. The molecule has 1 fully saturated rings. The second kappa shape index (κ2) is 5.35. The lowest BCUT2D eigenvalue weighted by Crippen LogP contribution is -2.09. The average molecular weight is 219 g/mol.